The van der Waals surface area contributed by atoms with Crippen molar-refractivity contribution in [3.63, 3.8) is 0 Å². The summed E-state index contributed by atoms with van der Waals surface area (Å²) in [5.41, 5.74) is 0. The Morgan fingerprint density at radius 1 is 1.25 bits per heavy atom. The molecule has 2 nitrogen and oxygen atoms in total. The summed E-state index contributed by atoms with van der Waals surface area (Å²) >= 11 is 0. The molecule has 2 unspecified atom stereocenters. The Kier molecular flexibility index (Phi) is 7.06. The van der Waals surface area contributed by atoms with Crippen molar-refractivity contribution in [2.45, 2.75) is 71.4 Å². The molecule has 1 saturated heterocycles. The number of nitrogens with zero attached hydrogens (tertiary/aromatic N) is 1. The molecule has 0 spiro atoms. The standard InChI is InChI=1S/C14H30N2/c1-4-10-15-12-14(5-2)16-11-8-6-7-9-13(16)3/h13-15H,4-12H2,1-3H3. The van der Waals surface area contributed by atoms with Crippen LogP contribution in [0.3, 0.4) is 0 Å². The van der Waals surface area contributed by atoms with Crippen LogP contribution in [0.25, 0.3) is 0 Å². The van der Waals surface area contributed by atoms with Gasteiger partial charge in [0.05, 0.1) is 0 Å². The fourth-order valence-corrected chi connectivity index (χ4v) is 2.78. The maximum Gasteiger partial charge on any atom is 0.0220 e. The van der Waals surface area contributed by atoms with Crippen LogP contribution in [-0.4, -0.2) is 36.6 Å². The first-order chi connectivity index (χ1) is 7.79. The summed E-state index contributed by atoms with van der Waals surface area (Å²) in [6.45, 7) is 10.6. The van der Waals surface area contributed by atoms with Crippen LogP contribution in [0.5, 0.6) is 0 Å². The average molecular weight is 226 g/mol. The third-order valence-corrected chi connectivity index (χ3v) is 3.85. The highest BCUT2D eigenvalue weighted by atomic mass is 15.2. The Labute approximate surface area is 102 Å². The topological polar surface area (TPSA) is 15.3 Å². The van der Waals surface area contributed by atoms with E-state index in [0.29, 0.717) is 0 Å². The van der Waals surface area contributed by atoms with Crippen molar-refractivity contribution < 1.29 is 0 Å². The smallest absolute Gasteiger partial charge is 0.0220 e. The molecule has 1 rings (SSSR count). The first kappa shape index (κ1) is 14.0. The number of hydrogen-bond acceptors (Lipinski definition) is 2. The van der Waals surface area contributed by atoms with Gasteiger partial charge in [0.15, 0.2) is 0 Å². The van der Waals surface area contributed by atoms with Crippen LogP contribution in [0.4, 0.5) is 0 Å². The molecule has 0 bridgehead atoms. The van der Waals surface area contributed by atoms with E-state index in [2.05, 4.69) is 31.0 Å². The van der Waals surface area contributed by atoms with Gasteiger partial charge in [0.2, 0.25) is 0 Å². The molecule has 16 heavy (non-hydrogen) atoms. The van der Waals surface area contributed by atoms with Gasteiger partial charge in [-0.1, -0.05) is 26.7 Å². The summed E-state index contributed by atoms with van der Waals surface area (Å²) in [6, 6.07) is 1.54. The molecule has 2 heteroatoms. The summed E-state index contributed by atoms with van der Waals surface area (Å²) in [4.78, 5) is 2.75. The van der Waals surface area contributed by atoms with E-state index in [4.69, 9.17) is 0 Å². The number of rotatable bonds is 6. The maximum absolute atomic E-state index is 3.58. The van der Waals surface area contributed by atoms with Gasteiger partial charge < -0.3 is 5.32 Å². The molecule has 1 aliphatic rings. The van der Waals surface area contributed by atoms with Crippen molar-refractivity contribution in [2.75, 3.05) is 19.6 Å². The van der Waals surface area contributed by atoms with Gasteiger partial charge in [0, 0.05) is 18.6 Å². The summed E-state index contributed by atoms with van der Waals surface area (Å²) < 4.78 is 0. The van der Waals surface area contributed by atoms with Gasteiger partial charge in [-0.2, -0.15) is 0 Å². The van der Waals surface area contributed by atoms with E-state index in [-0.39, 0.29) is 0 Å². The van der Waals surface area contributed by atoms with Gasteiger partial charge in [0.1, 0.15) is 0 Å². The zero-order chi connectivity index (χ0) is 11.8. The van der Waals surface area contributed by atoms with E-state index >= 15 is 0 Å². The minimum atomic E-state index is 0.750. The molecule has 0 aromatic carbocycles. The molecule has 1 aliphatic heterocycles. The minimum absolute atomic E-state index is 0.750. The van der Waals surface area contributed by atoms with Crippen molar-refractivity contribution in [2.24, 2.45) is 0 Å². The van der Waals surface area contributed by atoms with Gasteiger partial charge >= 0.3 is 0 Å². The van der Waals surface area contributed by atoms with E-state index in [9.17, 15) is 0 Å². The SMILES string of the molecule is CCCNCC(CC)N1CCCCCC1C. The zero-order valence-electron chi connectivity index (χ0n) is 11.5. The van der Waals surface area contributed by atoms with Crippen LogP contribution in [0.15, 0.2) is 0 Å². The molecule has 0 radical (unpaired) electrons. The van der Waals surface area contributed by atoms with Gasteiger partial charge in [0.25, 0.3) is 0 Å². The minimum Gasteiger partial charge on any atom is -0.315 e. The van der Waals surface area contributed by atoms with Crippen LogP contribution in [0, 0.1) is 0 Å². The monoisotopic (exact) mass is 226 g/mol. The lowest BCUT2D eigenvalue weighted by Gasteiger charge is -2.35. The zero-order valence-corrected chi connectivity index (χ0v) is 11.5. The van der Waals surface area contributed by atoms with Crippen LogP contribution in [0.1, 0.15) is 59.3 Å². The molecule has 0 aromatic heterocycles. The Bertz CT molecular complexity index is 170. The quantitative estimate of drug-likeness (QED) is 0.700. The normalized spacial score (nSPS) is 25.3. The molecule has 0 saturated carbocycles. The van der Waals surface area contributed by atoms with E-state index in [1.54, 1.807) is 0 Å². The lowest BCUT2D eigenvalue weighted by atomic mass is 10.1. The average Bonchev–Trinajstić information content (AvgIpc) is 2.50. The molecular formula is C14H30N2. The fraction of sp³-hybridized carbons (Fsp3) is 1.00. The molecule has 1 N–H and O–H groups in total. The predicted octanol–water partition coefficient (Wildman–Crippen LogP) is 3.03. The van der Waals surface area contributed by atoms with E-state index in [0.717, 1.165) is 12.1 Å². The van der Waals surface area contributed by atoms with Crippen molar-refractivity contribution in [3.05, 3.63) is 0 Å². The van der Waals surface area contributed by atoms with Crippen molar-refractivity contribution in [1.29, 1.82) is 0 Å². The Balaban J connectivity index is 2.41. The molecule has 0 aromatic rings. The summed E-state index contributed by atoms with van der Waals surface area (Å²) in [6.07, 6.45) is 8.17. The third kappa shape index (κ3) is 4.42. The predicted molar refractivity (Wildman–Crippen MR) is 71.9 cm³/mol. The summed E-state index contributed by atoms with van der Waals surface area (Å²) in [7, 11) is 0. The third-order valence-electron chi connectivity index (χ3n) is 3.85. The van der Waals surface area contributed by atoms with Crippen LogP contribution in [0.2, 0.25) is 0 Å². The molecule has 2 atom stereocenters. The number of likely N-dealkylation sites (tertiary alicyclic amines) is 1. The second-order valence-electron chi connectivity index (χ2n) is 5.20. The largest absolute Gasteiger partial charge is 0.315 e. The first-order valence-corrected chi connectivity index (χ1v) is 7.26. The van der Waals surface area contributed by atoms with E-state index in [1.807, 2.05) is 0 Å². The summed E-state index contributed by atoms with van der Waals surface area (Å²) in [5, 5.41) is 3.58. The van der Waals surface area contributed by atoms with Crippen LogP contribution >= 0.6 is 0 Å². The molecule has 96 valence electrons. The van der Waals surface area contributed by atoms with Crippen LogP contribution in [-0.2, 0) is 0 Å². The molecule has 0 amide bonds. The Morgan fingerprint density at radius 2 is 2.06 bits per heavy atom. The van der Waals surface area contributed by atoms with Gasteiger partial charge in [-0.05, 0) is 45.7 Å². The van der Waals surface area contributed by atoms with E-state index < -0.39 is 0 Å². The van der Waals surface area contributed by atoms with Gasteiger partial charge in [-0.3, -0.25) is 4.90 Å². The van der Waals surface area contributed by atoms with E-state index in [1.165, 1.54) is 58.2 Å². The van der Waals surface area contributed by atoms with Crippen molar-refractivity contribution in [3.8, 4) is 0 Å². The first-order valence-electron chi connectivity index (χ1n) is 7.26. The highest BCUT2D eigenvalue weighted by molar-refractivity contribution is 4.79. The molecular weight excluding hydrogens is 196 g/mol. The lowest BCUT2D eigenvalue weighted by Crippen LogP contribution is -2.46. The van der Waals surface area contributed by atoms with Gasteiger partial charge in [-0.15, -0.1) is 0 Å². The maximum atomic E-state index is 3.58. The Morgan fingerprint density at radius 3 is 2.75 bits per heavy atom. The van der Waals surface area contributed by atoms with Crippen molar-refractivity contribution >= 4 is 0 Å². The van der Waals surface area contributed by atoms with Crippen LogP contribution < -0.4 is 5.32 Å². The lowest BCUT2D eigenvalue weighted by molar-refractivity contribution is 0.140. The highest BCUT2D eigenvalue weighted by Gasteiger charge is 2.23. The number of nitrogens with one attached hydrogen (secondary N) is 1. The number of hydrogen-bond donors (Lipinski definition) is 1. The molecule has 1 heterocycles. The van der Waals surface area contributed by atoms with Crippen molar-refractivity contribution in [1.82, 2.24) is 10.2 Å². The molecule has 0 aliphatic carbocycles. The van der Waals surface area contributed by atoms with Gasteiger partial charge in [-0.25, -0.2) is 0 Å². The second kappa shape index (κ2) is 8.08. The Hall–Kier alpha value is -0.0800. The molecule has 1 fully saturated rings. The summed E-state index contributed by atoms with van der Waals surface area (Å²) in [5.74, 6) is 0. The fourth-order valence-electron chi connectivity index (χ4n) is 2.78. The second-order valence-corrected chi connectivity index (χ2v) is 5.20. The highest BCUT2D eigenvalue weighted by Crippen LogP contribution is 2.19.